The number of hydrogen-bond donors (Lipinski definition) is 0. The van der Waals surface area contributed by atoms with E-state index in [0.717, 1.165) is 0 Å². The molecule has 0 aliphatic heterocycles. The summed E-state index contributed by atoms with van der Waals surface area (Å²) in [4.78, 5) is 0. The van der Waals surface area contributed by atoms with Gasteiger partial charge in [0.2, 0.25) is 0 Å². The molecule has 1 aromatic carbocycles. The van der Waals surface area contributed by atoms with Crippen molar-refractivity contribution in [2.75, 3.05) is 0 Å². The Hall–Kier alpha value is -1.43. The van der Waals surface area contributed by atoms with E-state index in [1.54, 1.807) is 18.2 Å². The molecule has 0 atom stereocenters. The van der Waals surface area contributed by atoms with E-state index >= 15 is 0 Å². The molecule has 0 nitrogen and oxygen atoms in total. The standard InChI is InChI=1S/C9H5F3/c10-9(11,12)7-6-8-4-2-1-3-5-8/h1-5H. The van der Waals surface area contributed by atoms with Crippen molar-refractivity contribution in [3.05, 3.63) is 35.9 Å². The number of rotatable bonds is 0. The van der Waals surface area contributed by atoms with Gasteiger partial charge >= 0.3 is 6.18 Å². The van der Waals surface area contributed by atoms with Crippen LogP contribution in [0.25, 0.3) is 0 Å². The van der Waals surface area contributed by atoms with Crippen LogP contribution in [0.2, 0.25) is 0 Å². The van der Waals surface area contributed by atoms with Crippen molar-refractivity contribution in [1.29, 1.82) is 0 Å². The zero-order chi connectivity index (χ0) is 9.03. The molecule has 0 saturated heterocycles. The fourth-order valence-electron chi connectivity index (χ4n) is 0.665. The largest absolute Gasteiger partial charge is 0.458 e. The van der Waals surface area contributed by atoms with Crippen LogP contribution in [-0.4, -0.2) is 6.18 Å². The number of hydrogen-bond acceptors (Lipinski definition) is 0. The molecule has 0 fully saturated rings. The van der Waals surface area contributed by atoms with E-state index in [9.17, 15) is 13.2 Å². The maximum atomic E-state index is 11.6. The lowest BCUT2D eigenvalue weighted by atomic mass is 10.2. The predicted octanol–water partition coefficient (Wildman–Crippen LogP) is 2.60. The Morgan fingerprint density at radius 3 is 2.08 bits per heavy atom. The van der Waals surface area contributed by atoms with Gasteiger partial charge in [0.25, 0.3) is 0 Å². The lowest BCUT2D eigenvalue weighted by molar-refractivity contribution is -0.0696. The van der Waals surface area contributed by atoms with Crippen molar-refractivity contribution in [3.63, 3.8) is 0 Å². The first kappa shape index (κ1) is 8.66. The van der Waals surface area contributed by atoms with Crippen molar-refractivity contribution >= 4 is 0 Å². The second-order valence-electron chi connectivity index (χ2n) is 2.11. The Bertz CT molecular complexity index is 300. The van der Waals surface area contributed by atoms with Crippen LogP contribution in [0.15, 0.2) is 30.3 Å². The molecule has 0 amide bonds. The van der Waals surface area contributed by atoms with Crippen molar-refractivity contribution in [3.8, 4) is 11.8 Å². The highest BCUT2D eigenvalue weighted by atomic mass is 19.4. The van der Waals surface area contributed by atoms with E-state index < -0.39 is 6.18 Å². The van der Waals surface area contributed by atoms with E-state index in [2.05, 4.69) is 0 Å². The maximum Gasteiger partial charge on any atom is 0.458 e. The van der Waals surface area contributed by atoms with Crippen LogP contribution in [0, 0.1) is 11.8 Å². The topological polar surface area (TPSA) is 0 Å². The Kier molecular flexibility index (Phi) is 2.39. The minimum Gasteiger partial charge on any atom is -0.159 e. The minimum atomic E-state index is -4.41. The Labute approximate surface area is 68.0 Å². The molecular formula is C9H5F3. The third-order valence-corrected chi connectivity index (χ3v) is 1.12. The lowest BCUT2D eigenvalue weighted by Gasteiger charge is -1.92. The van der Waals surface area contributed by atoms with Crippen molar-refractivity contribution < 1.29 is 13.2 Å². The van der Waals surface area contributed by atoms with E-state index in [4.69, 9.17) is 0 Å². The summed E-state index contributed by atoms with van der Waals surface area (Å²) in [5.41, 5.74) is 0.370. The van der Waals surface area contributed by atoms with Gasteiger partial charge in [0, 0.05) is 11.5 Å². The number of alkyl halides is 3. The van der Waals surface area contributed by atoms with E-state index in [1.807, 2.05) is 5.92 Å². The van der Waals surface area contributed by atoms with E-state index in [0.29, 0.717) is 5.56 Å². The molecule has 0 heterocycles. The van der Waals surface area contributed by atoms with Crippen LogP contribution in [0.3, 0.4) is 0 Å². The Balaban J connectivity index is 2.81. The normalized spacial score (nSPS) is 10.2. The Morgan fingerprint density at radius 2 is 1.58 bits per heavy atom. The molecule has 62 valence electrons. The van der Waals surface area contributed by atoms with Gasteiger partial charge in [0.15, 0.2) is 0 Å². The molecule has 1 aromatic rings. The van der Waals surface area contributed by atoms with E-state index in [-0.39, 0.29) is 0 Å². The molecule has 0 radical (unpaired) electrons. The van der Waals surface area contributed by atoms with Gasteiger partial charge in [0.1, 0.15) is 0 Å². The quantitative estimate of drug-likeness (QED) is 0.525. The molecule has 0 spiro atoms. The molecule has 0 N–H and O–H groups in total. The lowest BCUT2D eigenvalue weighted by Crippen LogP contribution is -2.01. The van der Waals surface area contributed by atoms with Crippen molar-refractivity contribution in [2.45, 2.75) is 6.18 Å². The first-order valence-corrected chi connectivity index (χ1v) is 3.23. The van der Waals surface area contributed by atoms with Crippen molar-refractivity contribution in [2.24, 2.45) is 0 Å². The first-order chi connectivity index (χ1) is 5.58. The molecule has 0 bridgehead atoms. The zero-order valence-corrected chi connectivity index (χ0v) is 6.02. The van der Waals surface area contributed by atoms with Gasteiger partial charge in [0.05, 0.1) is 0 Å². The molecule has 0 aliphatic rings. The Morgan fingerprint density at radius 1 is 1.00 bits per heavy atom. The molecule has 0 aromatic heterocycles. The zero-order valence-electron chi connectivity index (χ0n) is 6.02. The maximum absolute atomic E-state index is 11.6. The monoisotopic (exact) mass is 170 g/mol. The average Bonchev–Trinajstić information content (AvgIpc) is 2.02. The second kappa shape index (κ2) is 3.31. The van der Waals surface area contributed by atoms with Gasteiger partial charge in [-0.25, -0.2) is 0 Å². The number of halogens is 3. The summed E-state index contributed by atoms with van der Waals surface area (Å²) in [6, 6.07) is 8.05. The smallest absolute Gasteiger partial charge is 0.159 e. The summed E-state index contributed by atoms with van der Waals surface area (Å²) in [5, 5.41) is 0. The molecule has 12 heavy (non-hydrogen) atoms. The second-order valence-corrected chi connectivity index (χ2v) is 2.11. The van der Waals surface area contributed by atoms with Crippen LogP contribution in [-0.2, 0) is 0 Å². The molecular weight excluding hydrogens is 165 g/mol. The average molecular weight is 170 g/mol. The van der Waals surface area contributed by atoms with E-state index in [1.165, 1.54) is 18.1 Å². The molecule has 1 rings (SSSR count). The number of benzene rings is 1. The van der Waals surface area contributed by atoms with Crippen LogP contribution >= 0.6 is 0 Å². The fraction of sp³-hybridized carbons (Fsp3) is 0.111. The van der Waals surface area contributed by atoms with Gasteiger partial charge < -0.3 is 0 Å². The minimum absolute atomic E-state index is 0.370. The summed E-state index contributed by atoms with van der Waals surface area (Å²) < 4.78 is 34.7. The predicted molar refractivity (Wildman–Crippen MR) is 39.4 cm³/mol. The highest BCUT2D eigenvalue weighted by molar-refractivity contribution is 5.34. The van der Waals surface area contributed by atoms with Gasteiger partial charge in [-0.2, -0.15) is 13.2 Å². The van der Waals surface area contributed by atoms with Gasteiger partial charge in [-0.3, -0.25) is 0 Å². The molecule has 0 saturated carbocycles. The summed E-state index contributed by atoms with van der Waals surface area (Å²) in [7, 11) is 0. The van der Waals surface area contributed by atoms with Crippen LogP contribution in [0.5, 0.6) is 0 Å². The summed E-state index contributed by atoms with van der Waals surface area (Å²) >= 11 is 0. The summed E-state index contributed by atoms with van der Waals surface area (Å²) in [6.07, 6.45) is -4.41. The highest BCUT2D eigenvalue weighted by Crippen LogP contribution is 2.12. The molecule has 0 aliphatic carbocycles. The third kappa shape index (κ3) is 3.11. The molecule has 3 heteroatoms. The van der Waals surface area contributed by atoms with Crippen LogP contribution < -0.4 is 0 Å². The fourth-order valence-corrected chi connectivity index (χ4v) is 0.665. The summed E-state index contributed by atoms with van der Waals surface area (Å²) in [5.74, 6) is 3.20. The van der Waals surface area contributed by atoms with Crippen molar-refractivity contribution in [1.82, 2.24) is 0 Å². The highest BCUT2D eigenvalue weighted by Gasteiger charge is 2.22. The van der Waals surface area contributed by atoms with Gasteiger partial charge in [-0.15, -0.1) is 0 Å². The molecule has 0 unspecified atom stereocenters. The first-order valence-electron chi connectivity index (χ1n) is 3.23. The van der Waals surface area contributed by atoms with Crippen LogP contribution in [0.4, 0.5) is 13.2 Å². The van der Waals surface area contributed by atoms with Crippen LogP contribution in [0.1, 0.15) is 5.56 Å². The van der Waals surface area contributed by atoms with Gasteiger partial charge in [-0.05, 0) is 12.1 Å². The summed E-state index contributed by atoms with van der Waals surface area (Å²) in [6.45, 7) is 0. The third-order valence-electron chi connectivity index (χ3n) is 1.12. The van der Waals surface area contributed by atoms with Gasteiger partial charge in [-0.1, -0.05) is 24.1 Å². The SMILES string of the molecule is FC(F)(F)C#Cc1ccccc1.